The molecule has 0 aliphatic carbocycles. The molecule has 0 bridgehead atoms. The molecule has 0 atom stereocenters. The van der Waals surface area contributed by atoms with Crippen molar-refractivity contribution in [3.8, 4) is 22.3 Å². The number of rotatable bonds is 9. The predicted molar refractivity (Wildman–Crippen MR) is 171 cm³/mol. The van der Waals surface area contributed by atoms with E-state index in [4.69, 9.17) is 27.9 Å². The van der Waals surface area contributed by atoms with E-state index in [1.54, 1.807) is 48.5 Å². The van der Waals surface area contributed by atoms with Gasteiger partial charge in [-0.1, -0.05) is 23.2 Å². The Balaban J connectivity index is 1.76. The van der Waals surface area contributed by atoms with Crippen LogP contribution in [0.15, 0.2) is 82.4 Å². The second kappa shape index (κ2) is 12.4. The molecule has 2 heterocycles. The Morgan fingerprint density at radius 1 is 0.818 bits per heavy atom. The first-order valence-electron chi connectivity index (χ1n) is 14.0. The molecule has 0 spiro atoms. The van der Waals surface area contributed by atoms with Crippen LogP contribution >= 0.6 is 23.2 Å². The van der Waals surface area contributed by atoms with E-state index in [1.807, 2.05) is 0 Å². The first-order chi connectivity index (χ1) is 20.7. The summed E-state index contributed by atoms with van der Waals surface area (Å²) < 4.78 is 49.0. The summed E-state index contributed by atoms with van der Waals surface area (Å²) in [5, 5.41) is 5.57. The third kappa shape index (κ3) is 6.86. The number of nitrogens with zero attached hydrogens (tertiary/aromatic N) is 4. The zero-order chi connectivity index (χ0) is 31.8. The Hall–Kier alpha value is -3.64. The number of hydrogen-bond donors (Lipinski definition) is 0. The minimum atomic E-state index is -4.52. The van der Waals surface area contributed by atoms with Gasteiger partial charge in [0.25, 0.3) is 0 Å². The molecule has 0 fully saturated rings. The summed E-state index contributed by atoms with van der Waals surface area (Å²) in [6.07, 6.45) is -4.52. The molecule has 0 unspecified atom stereocenters. The summed E-state index contributed by atoms with van der Waals surface area (Å²) in [4.78, 5) is 28.2. The zero-order valence-corrected chi connectivity index (χ0v) is 26.9. The minimum absolute atomic E-state index is 0.139. The van der Waals surface area contributed by atoms with Gasteiger partial charge in [0.05, 0.1) is 5.56 Å². The first kappa shape index (κ1) is 31.8. The van der Waals surface area contributed by atoms with E-state index >= 15 is 0 Å². The molecule has 44 heavy (non-hydrogen) atoms. The molecule has 0 amide bonds. The fourth-order valence-electron chi connectivity index (χ4n) is 4.77. The SMILES string of the molecule is C[SiH-](C)(C)CCOCn1nc2c(-c3ccc(Cl)cc3)c(-c3ccc(Cl)cc3)c(=O)n(Cc3ccc(C(F)(F)F)cc3)n2c1=O. The third-order valence-corrected chi connectivity index (χ3v) is 9.67. The fraction of sp³-hybridized carbons (Fsp3) is 0.258. The second-order valence-electron chi connectivity index (χ2n) is 12.0. The van der Waals surface area contributed by atoms with Gasteiger partial charge in [-0.2, -0.15) is 13.2 Å². The fourth-order valence-corrected chi connectivity index (χ4v) is 5.90. The second-order valence-corrected chi connectivity index (χ2v) is 19.4. The van der Waals surface area contributed by atoms with Crippen molar-refractivity contribution in [1.29, 1.82) is 0 Å². The molecule has 2 aromatic heterocycles. The van der Waals surface area contributed by atoms with Gasteiger partial charge in [-0.15, -0.1) is 0 Å². The third-order valence-electron chi connectivity index (χ3n) is 7.20. The van der Waals surface area contributed by atoms with Crippen LogP contribution in [0.5, 0.6) is 0 Å². The number of hydrogen-bond acceptors (Lipinski definition) is 4. The number of aromatic nitrogens is 4. The van der Waals surface area contributed by atoms with Crippen LogP contribution in [0.1, 0.15) is 11.1 Å². The molecule has 0 saturated heterocycles. The Labute approximate surface area is 262 Å². The van der Waals surface area contributed by atoms with Crippen LogP contribution < -0.4 is 11.2 Å². The summed E-state index contributed by atoms with van der Waals surface area (Å²) >= 11 is 12.3. The normalized spacial score (nSPS) is 12.6. The summed E-state index contributed by atoms with van der Waals surface area (Å²) in [5.41, 5.74) is 0.283. The first-order valence-corrected chi connectivity index (χ1v) is 19.1. The molecule has 0 saturated carbocycles. The van der Waals surface area contributed by atoms with Gasteiger partial charge >= 0.3 is 216 Å². The molecule has 7 nitrogen and oxygen atoms in total. The number of halogens is 5. The van der Waals surface area contributed by atoms with Crippen LogP contribution in [-0.2, 0) is 24.2 Å². The average Bonchev–Trinajstić information content (AvgIpc) is 3.28. The van der Waals surface area contributed by atoms with E-state index in [0.717, 1.165) is 27.4 Å². The van der Waals surface area contributed by atoms with Crippen LogP contribution in [0, 0.1) is 0 Å². The van der Waals surface area contributed by atoms with Gasteiger partial charge in [0.1, 0.15) is 0 Å². The van der Waals surface area contributed by atoms with E-state index in [0.29, 0.717) is 38.9 Å². The Kier molecular flexibility index (Phi) is 8.95. The van der Waals surface area contributed by atoms with Gasteiger partial charge in [0.2, 0.25) is 0 Å². The van der Waals surface area contributed by atoms with Crippen molar-refractivity contribution in [2.75, 3.05) is 6.61 Å². The summed E-state index contributed by atoms with van der Waals surface area (Å²) in [6, 6.07) is 18.8. The molecule has 0 N–H and O–H groups in total. The van der Waals surface area contributed by atoms with Crippen LogP contribution in [0.3, 0.4) is 0 Å². The summed E-state index contributed by atoms with van der Waals surface area (Å²) in [6.45, 7) is 6.84. The van der Waals surface area contributed by atoms with Crippen LogP contribution in [-0.4, -0.2) is 33.7 Å². The van der Waals surface area contributed by atoms with Gasteiger partial charge in [0, 0.05) is 5.02 Å². The van der Waals surface area contributed by atoms with Crippen molar-refractivity contribution >= 4 is 36.9 Å². The monoisotopic (exact) mass is 661 g/mol. The van der Waals surface area contributed by atoms with Crippen molar-refractivity contribution in [2.45, 2.75) is 45.1 Å². The maximum atomic E-state index is 14.4. The summed E-state index contributed by atoms with van der Waals surface area (Å²) in [5.74, 6) is 0. The molecule has 5 aromatic rings. The zero-order valence-electron chi connectivity index (χ0n) is 24.2. The van der Waals surface area contributed by atoms with Gasteiger partial charge in [-0.25, -0.2) is 0 Å². The van der Waals surface area contributed by atoms with Crippen LogP contribution in [0.2, 0.25) is 35.7 Å². The van der Waals surface area contributed by atoms with Crippen molar-refractivity contribution < 1.29 is 17.9 Å². The molecule has 5 rings (SSSR count). The molecule has 0 aliphatic rings. The molecular formula is C31H30Cl2F3N4O3Si-. The van der Waals surface area contributed by atoms with E-state index < -0.39 is 31.1 Å². The Morgan fingerprint density at radius 2 is 1.36 bits per heavy atom. The molecule has 13 heteroatoms. The average molecular weight is 663 g/mol. The van der Waals surface area contributed by atoms with Crippen molar-refractivity contribution in [1.82, 2.24) is 19.0 Å². The number of benzene rings is 3. The Bertz CT molecular complexity index is 1910. The van der Waals surface area contributed by atoms with Crippen molar-refractivity contribution in [3.05, 3.63) is 115 Å². The van der Waals surface area contributed by atoms with E-state index in [2.05, 4.69) is 24.7 Å². The van der Waals surface area contributed by atoms with Gasteiger partial charge in [-0.05, 0) is 0 Å². The maximum absolute atomic E-state index is 14.4. The molecule has 3 aromatic carbocycles. The molecule has 0 aliphatic heterocycles. The Morgan fingerprint density at radius 3 is 1.89 bits per heavy atom. The van der Waals surface area contributed by atoms with Crippen LogP contribution in [0.25, 0.3) is 27.9 Å². The predicted octanol–water partition coefficient (Wildman–Crippen LogP) is 7.41. The molecule has 232 valence electrons. The number of ether oxygens (including phenoxy) is 1. The number of alkyl halides is 3. The van der Waals surface area contributed by atoms with Gasteiger partial charge in [-0.3, -0.25) is 0 Å². The van der Waals surface area contributed by atoms with Crippen LogP contribution in [0.4, 0.5) is 13.2 Å². The van der Waals surface area contributed by atoms with E-state index in [9.17, 15) is 22.8 Å². The van der Waals surface area contributed by atoms with E-state index in [1.165, 1.54) is 16.8 Å². The standard InChI is InChI=1S/C31H30Cl2F3N4O3Si/c1-44(2,3)17-16-43-19-38-30(42)40-28(37-38)26(21-6-12-24(32)13-7-21)27(22-8-14-25(33)15-9-22)29(41)39(40)18-20-4-10-23(11-5-20)31(34,35)36/h4-15,44H,16-19H2,1-3H3/q-1. The topological polar surface area (TPSA) is 70.5 Å². The van der Waals surface area contributed by atoms with Gasteiger partial charge in [0.15, 0.2) is 0 Å². The quantitative estimate of drug-likeness (QED) is 0.122. The van der Waals surface area contributed by atoms with Crippen molar-refractivity contribution in [2.24, 2.45) is 0 Å². The summed E-state index contributed by atoms with van der Waals surface area (Å²) in [7, 11) is -1.68. The van der Waals surface area contributed by atoms with Crippen molar-refractivity contribution in [3.63, 3.8) is 0 Å². The molecular weight excluding hydrogens is 632 g/mol. The number of fused-ring (bicyclic) bond motifs is 1. The van der Waals surface area contributed by atoms with E-state index in [-0.39, 0.29) is 24.5 Å². The molecule has 0 radical (unpaired) electrons. The van der Waals surface area contributed by atoms with Gasteiger partial charge < -0.3 is 0 Å².